The number of aromatic nitrogens is 4. The van der Waals surface area contributed by atoms with Crippen LogP contribution in [0, 0.1) is 5.92 Å². The summed E-state index contributed by atoms with van der Waals surface area (Å²) in [5, 5.41) is 5.40. The maximum Gasteiger partial charge on any atom is 0.224 e. The zero-order valence-corrected chi connectivity index (χ0v) is 12.2. The number of likely N-dealkylation sites (tertiary alicyclic amines) is 1. The number of nitrogens with zero attached hydrogens (tertiary/aromatic N) is 5. The molecule has 2 aromatic heterocycles. The molecule has 1 aliphatic heterocycles. The predicted octanol–water partition coefficient (Wildman–Crippen LogP) is 1.74. The highest BCUT2D eigenvalue weighted by molar-refractivity contribution is 6.28. The fourth-order valence-electron chi connectivity index (χ4n) is 2.89. The Kier molecular flexibility index (Phi) is 3.33. The Balaban J connectivity index is 1.89. The van der Waals surface area contributed by atoms with Crippen molar-refractivity contribution < 1.29 is 4.79 Å². The van der Waals surface area contributed by atoms with Gasteiger partial charge in [-0.15, -0.1) is 0 Å². The van der Waals surface area contributed by atoms with E-state index in [1.54, 1.807) is 19.3 Å². The molecule has 0 aromatic carbocycles. The number of halogens is 1. The van der Waals surface area contributed by atoms with E-state index in [4.69, 9.17) is 11.6 Å². The number of carbonyl (C=O) groups excluding carboxylic acids is 1. The molecule has 3 heterocycles. The Morgan fingerprint density at radius 3 is 3.05 bits per heavy atom. The molecule has 3 rings (SSSR count). The van der Waals surface area contributed by atoms with Crippen LogP contribution in [0.4, 0.5) is 0 Å². The summed E-state index contributed by atoms with van der Waals surface area (Å²) in [6.07, 6.45) is 4.37. The average Bonchev–Trinajstić information content (AvgIpc) is 2.94. The van der Waals surface area contributed by atoms with Gasteiger partial charge in [-0.05, 0) is 23.9 Å². The zero-order valence-electron chi connectivity index (χ0n) is 11.5. The summed E-state index contributed by atoms with van der Waals surface area (Å²) in [7, 11) is 0. The molecule has 0 unspecified atom stereocenters. The summed E-state index contributed by atoms with van der Waals surface area (Å²) >= 11 is 5.84. The van der Waals surface area contributed by atoms with E-state index in [1.165, 1.54) is 0 Å². The molecule has 0 N–H and O–H groups in total. The summed E-state index contributed by atoms with van der Waals surface area (Å²) in [4.78, 5) is 21.8. The highest BCUT2D eigenvalue weighted by atomic mass is 35.5. The van der Waals surface area contributed by atoms with Crippen molar-refractivity contribution >= 4 is 28.5 Å². The van der Waals surface area contributed by atoms with Gasteiger partial charge < -0.3 is 4.90 Å². The van der Waals surface area contributed by atoms with Crippen LogP contribution in [-0.4, -0.2) is 43.1 Å². The van der Waals surface area contributed by atoms with Gasteiger partial charge in [-0.1, -0.05) is 6.92 Å². The quantitative estimate of drug-likeness (QED) is 0.791. The van der Waals surface area contributed by atoms with Crippen molar-refractivity contribution in [3.8, 4) is 0 Å². The highest BCUT2D eigenvalue weighted by Gasteiger charge is 2.32. The van der Waals surface area contributed by atoms with Gasteiger partial charge >= 0.3 is 0 Å². The zero-order chi connectivity index (χ0) is 14.3. The molecule has 2 atom stereocenters. The SMILES string of the molecule is CC(=O)N1C[C@@H](C)C[C@H]1Cn1ncc2cnc(Cl)nc21. The van der Waals surface area contributed by atoms with E-state index >= 15 is 0 Å². The smallest absolute Gasteiger partial charge is 0.224 e. The molecule has 0 saturated carbocycles. The van der Waals surface area contributed by atoms with E-state index < -0.39 is 0 Å². The maximum absolute atomic E-state index is 11.7. The van der Waals surface area contributed by atoms with Gasteiger partial charge in [-0.2, -0.15) is 10.1 Å². The first-order chi connectivity index (χ1) is 9.54. The summed E-state index contributed by atoms with van der Waals surface area (Å²) < 4.78 is 1.81. The topological polar surface area (TPSA) is 63.9 Å². The molecule has 1 saturated heterocycles. The van der Waals surface area contributed by atoms with E-state index in [0.29, 0.717) is 18.1 Å². The van der Waals surface area contributed by atoms with Crippen molar-refractivity contribution in [2.24, 2.45) is 5.92 Å². The number of carbonyl (C=O) groups is 1. The number of hydrogen-bond donors (Lipinski definition) is 0. The summed E-state index contributed by atoms with van der Waals surface area (Å²) in [6, 6.07) is 0.166. The molecular weight excluding hydrogens is 278 g/mol. The lowest BCUT2D eigenvalue weighted by molar-refractivity contribution is -0.129. The molecule has 0 radical (unpaired) electrons. The molecule has 0 aliphatic carbocycles. The molecule has 2 aromatic rings. The molecule has 1 aliphatic rings. The number of amides is 1. The van der Waals surface area contributed by atoms with Crippen molar-refractivity contribution in [2.75, 3.05) is 6.54 Å². The van der Waals surface area contributed by atoms with Gasteiger partial charge in [0.15, 0.2) is 5.65 Å². The second-order valence-electron chi connectivity index (χ2n) is 5.41. The van der Waals surface area contributed by atoms with Gasteiger partial charge in [-0.3, -0.25) is 4.79 Å². The van der Waals surface area contributed by atoms with Gasteiger partial charge in [0, 0.05) is 19.7 Å². The second-order valence-corrected chi connectivity index (χ2v) is 5.75. The number of fused-ring (bicyclic) bond motifs is 1. The first-order valence-electron chi connectivity index (χ1n) is 6.66. The number of hydrogen-bond acceptors (Lipinski definition) is 4. The molecule has 0 spiro atoms. The van der Waals surface area contributed by atoms with Crippen molar-refractivity contribution in [1.82, 2.24) is 24.6 Å². The van der Waals surface area contributed by atoms with Crippen LogP contribution in [0.3, 0.4) is 0 Å². The molecule has 6 nitrogen and oxygen atoms in total. The standard InChI is InChI=1S/C13H16ClN5O/c1-8-3-11(18(6-8)9(2)20)7-19-12-10(5-16-19)4-15-13(14)17-12/h4-5,8,11H,3,6-7H2,1-2H3/t8-,11-/m0/s1. The van der Waals surface area contributed by atoms with Gasteiger partial charge in [0.1, 0.15) is 0 Å². The van der Waals surface area contributed by atoms with Crippen LogP contribution >= 0.6 is 11.6 Å². The summed E-state index contributed by atoms with van der Waals surface area (Å²) in [6.45, 7) is 5.23. The van der Waals surface area contributed by atoms with Gasteiger partial charge in [-0.25, -0.2) is 9.67 Å². The minimum absolute atomic E-state index is 0.114. The van der Waals surface area contributed by atoms with Crippen molar-refractivity contribution in [3.63, 3.8) is 0 Å². The van der Waals surface area contributed by atoms with Crippen LogP contribution < -0.4 is 0 Å². The first kappa shape index (κ1) is 13.3. The first-order valence-corrected chi connectivity index (χ1v) is 7.03. The lowest BCUT2D eigenvalue weighted by Crippen LogP contribution is -2.36. The fourth-order valence-corrected chi connectivity index (χ4v) is 3.02. The predicted molar refractivity (Wildman–Crippen MR) is 75.3 cm³/mol. The molecular formula is C13H16ClN5O. The summed E-state index contributed by atoms with van der Waals surface area (Å²) in [5.74, 6) is 0.632. The minimum atomic E-state index is 0.114. The molecule has 20 heavy (non-hydrogen) atoms. The Morgan fingerprint density at radius 1 is 1.50 bits per heavy atom. The minimum Gasteiger partial charge on any atom is -0.338 e. The number of rotatable bonds is 2. The van der Waals surface area contributed by atoms with Crippen LogP contribution in [0.25, 0.3) is 11.0 Å². The molecule has 7 heteroatoms. The third-order valence-corrected chi connectivity index (χ3v) is 3.94. The second kappa shape index (κ2) is 5.01. The fraction of sp³-hybridized carbons (Fsp3) is 0.538. The molecule has 106 valence electrons. The molecule has 1 fully saturated rings. The van der Waals surface area contributed by atoms with Crippen LogP contribution in [0.5, 0.6) is 0 Å². The van der Waals surface area contributed by atoms with Crippen LogP contribution in [0.1, 0.15) is 20.3 Å². The van der Waals surface area contributed by atoms with Crippen molar-refractivity contribution in [3.05, 3.63) is 17.7 Å². The Bertz CT molecular complexity index is 655. The van der Waals surface area contributed by atoms with E-state index in [2.05, 4.69) is 22.0 Å². The Morgan fingerprint density at radius 2 is 2.30 bits per heavy atom. The van der Waals surface area contributed by atoms with Gasteiger partial charge in [0.2, 0.25) is 11.2 Å². The Hall–Kier alpha value is -1.69. The third kappa shape index (κ3) is 2.35. The lowest BCUT2D eigenvalue weighted by Gasteiger charge is -2.23. The van der Waals surface area contributed by atoms with Crippen LogP contribution in [0.2, 0.25) is 5.28 Å². The van der Waals surface area contributed by atoms with Gasteiger partial charge in [0.05, 0.1) is 24.2 Å². The molecule has 1 amide bonds. The van der Waals surface area contributed by atoms with Crippen molar-refractivity contribution in [1.29, 1.82) is 0 Å². The van der Waals surface area contributed by atoms with E-state index in [1.807, 2.05) is 9.58 Å². The van der Waals surface area contributed by atoms with Crippen LogP contribution in [0.15, 0.2) is 12.4 Å². The largest absolute Gasteiger partial charge is 0.338 e. The molecule has 0 bridgehead atoms. The van der Waals surface area contributed by atoms with Gasteiger partial charge in [0.25, 0.3) is 0 Å². The monoisotopic (exact) mass is 293 g/mol. The van der Waals surface area contributed by atoms with Crippen molar-refractivity contribution in [2.45, 2.75) is 32.9 Å². The average molecular weight is 294 g/mol. The highest BCUT2D eigenvalue weighted by Crippen LogP contribution is 2.25. The lowest BCUT2D eigenvalue weighted by atomic mass is 10.1. The Labute approximate surface area is 121 Å². The van der Waals surface area contributed by atoms with Crippen LogP contribution in [-0.2, 0) is 11.3 Å². The maximum atomic E-state index is 11.7. The van der Waals surface area contributed by atoms with E-state index in [-0.39, 0.29) is 17.2 Å². The third-order valence-electron chi connectivity index (χ3n) is 3.76. The normalized spacial score (nSPS) is 22.6. The van der Waals surface area contributed by atoms with E-state index in [9.17, 15) is 4.79 Å². The van der Waals surface area contributed by atoms with E-state index in [0.717, 1.165) is 18.4 Å². The summed E-state index contributed by atoms with van der Waals surface area (Å²) in [5.41, 5.74) is 0.716.